The molecule has 0 radical (unpaired) electrons. The minimum Gasteiger partial charge on any atom is -0.481 e. The van der Waals surface area contributed by atoms with E-state index in [9.17, 15) is 9.90 Å². The van der Waals surface area contributed by atoms with Crippen LogP contribution in [0.15, 0.2) is 66.7 Å². The van der Waals surface area contributed by atoms with Gasteiger partial charge in [0.25, 0.3) is 0 Å². The van der Waals surface area contributed by atoms with Gasteiger partial charge in [-0.15, -0.1) is 0 Å². The van der Waals surface area contributed by atoms with Crippen LogP contribution in [-0.4, -0.2) is 23.3 Å². The number of hydrogen-bond acceptors (Lipinski definition) is 3. The Labute approximate surface area is 157 Å². The molecule has 0 amide bonds. The van der Waals surface area contributed by atoms with Crippen molar-refractivity contribution in [2.75, 3.05) is 7.11 Å². The standard InChI is InChI=1S/C23H20O4/c1-27-14-19-20-11-10-18(16-7-3-2-4-8-16)22(19)23(20,26)17-9-5-6-15(12-17)13-21(24)25/h2-12,26H,13-14H2,1H3,(H,24,25). The molecule has 0 spiro atoms. The molecule has 0 fully saturated rings. The van der Waals surface area contributed by atoms with Crippen molar-refractivity contribution >= 4 is 5.97 Å². The summed E-state index contributed by atoms with van der Waals surface area (Å²) < 4.78 is 5.36. The highest BCUT2D eigenvalue weighted by molar-refractivity contribution is 5.80. The van der Waals surface area contributed by atoms with Crippen LogP contribution >= 0.6 is 0 Å². The molecule has 1 aliphatic carbocycles. The number of benzene rings is 3. The first-order valence-corrected chi connectivity index (χ1v) is 8.80. The van der Waals surface area contributed by atoms with Crippen LogP contribution in [0.3, 0.4) is 0 Å². The Morgan fingerprint density at radius 2 is 1.81 bits per heavy atom. The third-order valence-electron chi connectivity index (χ3n) is 5.14. The molecule has 3 aromatic rings. The molecule has 27 heavy (non-hydrogen) atoms. The summed E-state index contributed by atoms with van der Waals surface area (Å²) in [6, 6.07) is 21.1. The number of carboxylic acid groups (broad SMARTS) is 1. The van der Waals surface area contributed by atoms with Gasteiger partial charge in [0.15, 0.2) is 0 Å². The van der Waals surface area contributed by atoms with Gasteiger partial charge in [0.2, 0.25) is 0 Å². The Bertz CT molecular complexity index is 1010. The molecule has 3 aromatic carbocycles. The average Bonchev–Trinajstić information content (AvgIpc) is 2.68. The Morgan fingerprint density at radius 1 is 1.04 bits per heavy atom. The number of fused-ring (bicyclic) bond motifs is 2. The number of carbonyl (C=O) groups is 1. The van der Waals surface area contributed by atoms with Gasteiger partial charge in [0, 0.05) is 12.7 Å². The monoisotopic (exact) mass is 360 g/mol. The van der Waals surface area contributed by atoms with Crippen LogP contribution in [0.4, 0.5) is 0 Å². The van der Waals surface area contributed by atoms with Gasteiger partial charge in [0.05, 0.1) is 13.0 Å². The lowest BCUT2D eigenvalue weighted by molar-refractivity contribution is -0.136. The SMILES string of the molecule is COCc1c2ccc(-c3ccccc3)c1C2(O)c1cccc(CC(=O)O)c1. The number of rotatable bonds is 6. The van der Waals surface area contributed by atoms with Gasteiger partial charge < -0.3 is 14.9 Å². The van der Waals surface area contributed by atoms with Crippen LogP contribution in [0.25, 0.3) is 11.1 Å². The largest absolute Gasteiger partial charge is 0.481 e. The van der Waals surface area contributed by atoms with Crippen molar-refractivity contribution in [3.05, 3.63) is 94.5 Å². The third kappa shape index (κ3) is 2.74. The highest BCUT2D eigenvalue weighted by atomic mass is 16.5. The number of aliphatic carboxylic acids is 1. The first-order chi connectivity index (χ1) is 13.1. The van der Waals surface area contributed by atoms with Crippen molar-refractivity contribution in [1.82, 2.24) is 0 Å². The van der Waals surface area contributed by atoms with Crippen LogP contribution < -0.4 is 0 Å². The summed E-state index contributed by atoms with van der Waals surface area (Å²) in [5, 5.41) is 20.8. The van der Waals surface area contributed by atoms with E-state index in [4.69, 9.17) is 9.84 Å². The second-order valence-corrected chi connectivity index (χ2v) is 6.79. The zero-order chi connectivity index (χ0) is 19.0. The van der Waals surface area contributed by atoms with Crippen molar-refractivity contribution in [2.24, 2.45) is 0 Å². The van der Waals surface area contributed by atoms with E-state index >= 15 is 0 Å². The van der Waals surface area contributed by atoms with Gasteiger partial charge in [-0.05, 0) is 33.4 Å². The van der Waals surface area contributed by atoms with Crippen molar-refractivity contribution in [3.63, 3.8) is 0 Å². The Morgan fingerprint density at radius 3 is 2.52 bits per heavy atom. The number of aliphatic hydroxyl groups is 1. The van der Waals surface area contributed by atoms with E-state index in [2.05, 4.69) is 0 Å². The van der Waals surface area contributed by atoms with E-state index in [1.54, 1.807) is 25.3 Å². The number of carboxylic acids is 1. The van der Waals surface area contributed by atoms with Gasteiger partial charge >= 0.3 is 5.97 Å². The van der Waals surface area contributed by atoms with Crippen LogP contribution in [0.1, 0.15) is 27.8 Å². The van der Waals surface area contributed by atoms with Gasteiger partial charge in [-0.25, -0.2) is 0 Å². The summed E-state index contributed by atoms with van der Waals surface area (Å²) in [6.07, 6.45) is -0.0751. The van der Waals surface area contributed by atoms with Crippen LogP contribution in [0.2, 0.25) is 0 Å². The molecule has 0 aromatic heterocycles. The molecular formula is C23H20O4. The van der Waals surface area contributed by atoms with Crippen molar-refractivity contribution in [3.8, 4) is 11.1 Å². The molecule has 4 rings (SSSR count). The van der Waals surface area contributed by atoms with E-state index in [0.717, 1.165) is 27.8 Å². The molecule has 0 saturated carbocycles. The first kappa shape index (κ1) is 17.5. The summed E-state index contributed by atoms with van der Waals surface area (Å²) in [7, 11) is 1.64. The highest BCUT2D eigenvalue weighted by Gasteiger charge is 2.48. The van der Waals surface area contributed by atoms with Crippen LogP contribution in [0, 0.1) is 0 Å². The molecule has 2 bridgehead atoms. The molecule has 1 atom stereocenters. The Balaban J connectivity index is 1.86. The average molecular weight is 360 g/mol. The van der Waals surface area contributed by atoms with E-state index in [-0.39, 0.29) is 6.42 Å². The number of ether oxygens (including phenoxy) is 1. The van der Waals surface area contributed by atoms with E-state index < -0.39 is 11.6 Å². The second kappa shape index (κ2) is 6.65. The van der Waals surface area contributed by atoms with Gasteiger partial charge in [-0.3, -0.25) is 4.79 Å². The zero-order valence-electron chi connectivity index (χ0n) is 15.0. The second-order valence-electron chi connectivity index (χ2n) is 6.79. The molecule has 0 aliphatic heterocycles. The molecule has 4 heteroatoms. The van der Waals surface area contributed by atoms with E-state index in [0.29, 0.717) is 17.7 Å². The van der Waals surface area contributed by atoms with Gasteiger partial charge in [-0.1, -0.05) is 66.7 Å². The topological polar surface area (TPSA) is 66.8 Å². The minimum atomic E-state index is -1.25. The number of hydrogen-bond donors (Lipinski definition) is 2. The molecule has 0 heterocycles. The highest BCUT2D eigenvalue weighted by Crippen LogP contribution is 2.53. The predicted molar refractivity (Wildman–Crippen MR) is 102 cm³/mol. The molecule has 0 saturated heterocycles. The molecule has 2 N–H and O–H groups in total. The van der Waals surface area contributed by atoms with Crippen molar-refractivity contribution in [1.29, 1.82) is 0 Å². The van der Waals surface area contributed by atoms with E-state index in [1.807, 2.05) is 48.5 Å². The lowest BCUT2D eigenvalue weighted by Crippen LogP contribution is -2.41. The molecule has 1 unspecified atom stereocenters. The minimum absolute atomic E-state index is 0.0751. The Kier molecular flexibility index (Phi) is 4.30. The fourth-order valence-corrected chi connectivity index (χ4v) is 4.01. The zero-order valence-corrected chi connectivity index (χ0v) is 15.0. The van der Waals surface area contributed by atoms with Gasteiger partial charge in [-0.2, -0.15) is 0 Å². The maximum Gasteiger partial charge on any atom is 0.307 e. The molecule has 4 nitrogen and oxygen atoms in total. The summed E-state index contributed by atoms with van der Waals surface area (Å²) in [4.78, 5) is 11.1. The first-order valence-electron chi connectivity index (χ1n) is 8.80. The smallest absolute Gasteiger partial charge is 0.307 e. The van der Waals surface area contributed by atoms with Crippen molar-refractivity contribution in [2.45, 2.75) is 18.6 Å². The molecular weight excluding hydrogens is 340 g/mol. The maximum absolute atomic E-state index is 11.7. The van der Waals surface area contributed by atoms with Gasteiger partial charge in [0.1, 0.15) is 5.60 Å². The normalized spacial score (nSPS) is 17.4. The third-order valence-corrected chi connectivity index (χ3v) is 5.14. The molecule has 1 aliphatic rings. The quantitative estimate of drug-likeness (QED) is 0.703. The number of methoxy groups -OCH3 is 1. The lowest BCUT2D eigenvalue weighted by atomic mass is 9.64. The van der Waals surface area contributed by atoms with Crippen LogP contribution in [-0.2, 0) is 28.2 Å². The van der Waals surface area contributed by atoms with E-state index in [1.165, 1.54) is 0 Å². The lowest BCUT2D eigenvalue weighted by Gasteiger charge is -2.44. The summed E-state index contributed by atoms with van der Waals surface area (Å²) >= 11 is 0. The maximum atomic E-state index is 11.7. The predicted octanol–water partition coefficient (Wildman–Crippen LogP) is 3.72. The summed E-state index contributed by atoms with van der Waals surface area (Å²) in [5.41, 5.74) is 4.72. The summed E-state index contributed by atoms with van der Waals surface area (Å²) in [5.74, 6) is -0.892. The van der Waals surface area contributed by atoms with Crippen molar-refractivity contribution < 1.29 is 19.7 Å². The fourth-order valence-electron chi connectivity index (χ4n) is 4.01. The summed E-state index contributed by atoms with van der Waals surface area (Å²) in [6.45, 7) is 0.419. The Hall–Kier alpha value is -2.95. The fraction of sp³-hybridized carbons (Fsp3) is 0.174. The molecule has 136 valence electrons. The van der Waals surface area contributed by atoms with Crippen LogP contribution in [0.5, 0.6) is 0 Å².